The highest BCUT2D eigenvalue weighted by Gasteiger charge is 2.15. The van der Waals surface area contributed by atoms with Crippen LogP contribution in [0.1, 0.15) is 6.92 Å². The van der Waals surface area contributed by atoms with Crippen molar-refractivity contribution in [1.29, 1.82) is 0 Å². The molecule has 0 heterocycles. The van der Waals surface area contributed by atoms with Crippen molar-refractivity contribution in [2.24, 2.45) is 0 Å². The number of allylic oxidation sites excluding steroid dienone is 2. The summed E-state index contributed by atoms with van der Waals surface area (Å²) in [4.78, 5) is 0. The maximum absolute atomic E-state index is 2.49. The van der Waals surface area contributed by atoms with Gasteiger partial charge in [-0.3, -0.25) is 0 Å². The molecule has 0 aliphatic carbocycles. The molecule has 0 radical (unpaired) electrons. The van der Waals surface area contributed by atoms with E-state index in [-0.39, 0.29) is 7.92 Å². The van der Waals surface area contributed by atoms with Crippen LogP contribution in [0.3, 0.4) is 0 Å². The zero-order valence-corrected chi connectivity index (χ0v) is 16.1. The molecule has 2 aromatic rings. The van der Waals surface area contributed by atoms with Crippen molar-refractivity contribution in [1.82, 2.24) is 0 Å². The lowest BCUT2D eigenvalue weighted by Crippen LogP contribution is -2.19. The zero-order valence-electron chi connectivity index (χ0n) is 14.2. The quantitative estimate of drug-likeness (QED) is 0.378. The van der Waals surface area contributed by atoms with Crippen LogP contribution in [0.4, 0.5) is 0 Å². The van der Waals surface area contributed by atoms with Crippen molar-refractivity contribution in [2.45, 2.75) is 32.6 Å². The van der Waals surface area contributed by atoms with E-state index in [2.05, 4.69) is 93.3 Å². The smallest absolute Gasteiger partial charge is 0.0483 e. The van der Waals surface area contributed by atoms with Gasteiger partial charge in [0.1, 0.15) is 0 Å². The Hall–Kier alpha value is -1.17. The first-order chi connectivity index (χ1) is 10.5. The van der Waals surface area contributed by atoms with Crippen LogP contribution in [0.15, 0.2) is 72.3 Å². The van der Waals surface area contributed by atoms with Gasteiger partial charge in [0, 0.05) is 8.07 Å². The Morgan fingerprint density at radius 3 is 1.73 bits per heavy atom. The SMILES string of the molecule is C/C(=C\CP(c1ccccc1)c1ccccc1)C[Si](C)(C)C. The summed E-state index contributed by atoms with van der Waals surface area (Å²) in [5.41, 5.74) is 1.57. The molecule has 0 aliphatic rings. The number of benzene rings is 2. The van der Waals surface area contributed by atoms with Crippen molar-refractivity contribution in [3.63, 3.8) is 0 Å². The molecule has 0 saturated carbocycles. The average Bonchev–Trinajstić information content (AvgIpc) is 2.48. The first-order valence-electron chi connectivity index (χ1n) is 7.99. The summed E-state index contributed by atoms with van der Waals surface area (Å²) < 4.78 is 0. The van der Waals surface area contributed by atoms with Crippen LogP contribution in [0.2, 0.25) is 25.7 Å². The second-order valence-corrected chi connectivity index (χ2v) is 14.8. The fourth-order valence-electron chi connectivity index (χ4n) is 2.73. The fourth-order valence-corrected chi connectivity index (χ4v) is 6.83. The maximum Gasteiger partial charge on any atom is 0.0483 e. The van der Waals surface area contributed by atoms with E-state index in [0.717, 1.165) is 6.16 Å². The van der Waals surface area contributed by atoms with E-state index in [1.807, 2.05) is 0 Å². The van der Waals surface area contributed by atoms with Crippen LogP contribution in [-0.2, 0) is 0 Å². The van der Waals surface area contributed by atoms with Crippen molar-refractivity contribution < 1.29 is 0 Å². The molecule has 0 atom stereocenters. The average molecular weight is 326 g/mol. The molecule has 22 heavy (non-hydrogen) atoms. The summed E-state index contributed by atoms with van der Waals surface area (Å²) in [6.07, 6.45) is 3.64. The van der Waals surface area contributed by atoms with Gasteiger partial charge in [0.15, 0.2) is 0 Å². The molecule has 0 saturated heterocycles. The molecule has 0 spiro atoms. The predicted octanol–water partition coefficient (Wildman–Crippen LogP) is 5.40. The minimum absolute atomic E-state index is 0.286. The van der Waals surface area contributed by atoms with Crippen molar-refractivity contribution in [3.05, 3.63) is 72.3 Å². The van der Waals surface area contributed by atoms with Gasteiger partial charge in [-0.2, -0.15) is 0 Å². The summed E-state index contributed by atoms with van der Waals surface area (Å²) in [5, 5.41) is 2.95. The molecule has 0 N–H and O–H groups in total. The van der Waals surface area contributed by atoms with Gasteiger partial charge in [-0.1, -0.05) is 92.0 Å². The van der Waals surface area contributed by atoms with E-state index in [1.165, 1.54) is 16.7 Å². The summed E-state index contributed by atoms with van der Waals surface area (Å²) in [5.74, 6) is 0. The van der Waals surface area contributed by atoms with Crippen LogP contribution in [0.25, 0.3) is 0 Å². The Bertz CT molecular complexity index is 557. The molecule has 2 rings (SSSR count). The Morgan fingerprint density at radius 2 is 1.32 bits per heavy atom. The highest BCUT2D eigenvalue weighted by atomic mass is 31.1. The fraction of sp³-hybridized carbons (Fsp3) is 0.300. The van der Waals surface area contributed by atoms with Gasteiger partial charge in [0.25, 0.3) is 0 Å². The summed E-state index contributed by atoms with van der Waals surface area (Å²) in [6, 6.07) is 23.3. The van der Waals surface area contributed by atoms with Gasteiger partial charge < -0.3 is 0 Å². The minimum Gasteiger partial charge on any atom is -0.0810 e. The monoisotopic (exact) mass is 326 g/mol. The topological polar surface area (TPSA) is 0 Å². The standard InChI is InChI=1S/C20H27PSi/c1-18(17-22(2,3)4)15-16-21(19-11-7-5-8-12-19)20-13-9-6-10-14-20/h5-15H,16-17H2,1-4H3/b18-15+. The van der Waals surface area contributed by atoms with Crippen LogP contribution < -0.4 is 10.6 Å². The van der Waals surface area contributed by atoms with Crippen LogP contribution in [-0.4, -0.2) is 14.2 Å². The lowest BCUT2D eigenvalue weighted by Gasteiger charge is -2.19. The number of hydrogen-bond acceptors (Lipinski definition) is 0. The minimum atomic E-state index is -1.01. The van der Waals surface area contributed by atoms with Crippen LogP contribution >= 0.6 is 7.92 Å². The van der Waals surface area contributed by atoms with Gasteiger partial charge in [-0.05, 0) is 37.7 Å². The lowest BCUT2D eigenvalue weighted by atomic mass is 10.3. The summed E-state index contributed by atoms with van der Waals surface area (Å²) >= 11 is 0. The van der Waals surface area contributed by atoms with E-state index in [4.69, 9.17) is 0 Å². The third-order valence-corrected chi connectivity index (χ3v) is 7.58. The van der Waals surface area contributed by atoms with Gasteiger partial charge in [0.05, 0.1) is 0 Å². The molecule has 0 amide bonds. The van der Waals surface area contributed by atoms with E-state index in [0.29, 0.717) is 0 Å². The Kier molecular flexibility index (Phi) is 6.17. The lowest BCUT2D eigenvalue weighted by molar-refractivity contribution is 1.30. The second-order valence-electron chi connectivity index (χ2n) is 7.07. The molecule has 0 nitrogen and oxygen atoms in total. The first-order valence-corrected chi connectivity index (χ1v) is 13.2. The van der Waals surface area contributed by atoms with Crippen LogP contribution in [0, 0.1) is 0 Å². The number of hydrogen-bond donors (Lipinski definition) is 0. The largest absolute Gasteiger partial charge is 0.0810 e. The molecule has 2 aromatic carbocycles. The van der Waals surface area contributed by atoms with Crippen molar-refractivity contribution >= 4 is 26.6 Å². The molecule has 116 valence electrons. The molecule has 0 aromatic heterocycles. The molecule has 0 fully saturated rings. The van der Waals surface area contributed by atoms with E-state index < -0.39 is 8.07 Å². The molecule has 0 unspecified atom stereocenters. The van der Waals surface area contributed by atoms with E-state index in [1.54, 1.807) is 5.57 Å². The summed E-state index contributed by atoms with van der Waals surface area (Å²) in [7, 11) is -1.30. The first kappa shape index (κ1) is 17.2. The highest BCUT2D eigenvalue weighted by molar-refractivity contribution is 7.73. The van der Waals surface area contributed by atoms with Gasteiger partial charge in [-0.15, -0.1) is 0 Å². The molecular formula is C20H27PSi. The normalized spacial score (nSPS) is 12.7. The Balaban J connectivity index is 2.21. The van der Waals surface area contributed by atoms with Crippen LogP contribution in [0.5, 0.6) is 0 Å². The third-order valence-electron chi connectivity index (χ3n) is 3.57. The van der Waals surface area contributed by atoms with E-state index >= 15 is 0 Å². The van der Waals surface area contributed by atoms with Crippen molar-refractivity contribution in [2.75, 3.05) is 6.16 Å². The maximum atomic E-state index is 2.49. The molecular weight excluding hydrogens is 299 g/mol. The molecule has 0 bridgehead atoms. The summed E-state index contributed by atoms with van der Waals surface area (Å²) in [6.45, 7) is 9.65. The molecule has 2 heteroatoms. The second kappa shape index (κ2) is 7.90. The highest BCUT2D eigenvalue weighted by Crippen LogP contribution is 2.34. The third kappa shape index (κ3) is 5.55. The van der Waals surface area contributed by atoms with Crippen molar-refractivity contribution in [3.8, 4) is 0 Å². The van der Waals surface area contributed by atoms with Gasteiger partial charge in [-0.25, -0.2) is 0 Å². The molecule has 0 aliphatic heterocycles. The Labute approximate surface area is 138 Å². The van der Waals surface area contributed by atoms with Gasteiger partial charge >= 0.3 is 0 Å². The number of rotatable bonds is 6. The Morgan fingerprint density at radius 1 is 0.864 bits per heavy atom. The van der Waals surface area contributed by atoms with E-state index in [9.17, 15) is 0 Å². The van der Waals surface area contributed by atoms with Gasteiger partial charge in [0.2, 0.25) is 0 Å². The zero-order chi connectivity index (χ0) is 16.0. The predicted molar refractivity (Wildman–Crippen MR) is 106 cm³/mol.